The number of ether oxygens (including phenoxy) is 1. The number of esters is 1. The van der Waals surface area contributed by atoms with Crippen molar-refractivity contribution in [1.29, 1.82) is 0 Å². The van der Waals surface area contributed by atoms with Crippen molar-refractivity contribution in [3.63, 3.8) is 0 Å². The van der Waals surface area contributed by atoms with Crippen molar-refractivity contribution in [3.8, 4) is 0 Å². The molecule has 0 aliphatic heterocycles. The van der Waals surface area contributed by atoms with Crippen molar-refractivity contribution in [2.75, 3.05) is 6.61 Å². The molecule has 0 saturated heterocycles. The molecule has 1 aromatic carbocycles. The van der Waals surface area contributed by atoms with E-state index >= 15 is 0 Å². The van der Waals surface area contributed by atoms with Crippen LogP contribution in [0.15, 0.2) is 28.7 Å². The van der Waals surface area contributed by atoms with Crippen molar-refractivity contribution in [3.05, 3.63) is 34.3 Å². The van der Waals surface area contributed by atoms with E-state index in [1.165, 1.54) is 0 Å². The molecule has 0 spiro atoms. The van der Waals surface area contributed by atoms with Crippen LogP contribution in [0.25, 0.3) is 0 Å². The van der Waals surface area contributed by atoms with Crippen molar-refractivity contribution >= 4 is 27.8 Å². The molecule has 18 heavy (non-hydrogen) atoms. The van der Waals surface area contributed by atoms with E-state index in [-0.39, 0.29) is 18.6 Å². The van der Waals surface area contributed by atoms with Crippen LogP contribution in [0.4, 0.5) is 0 Å². The number of carbonyl (C=O) groups excluding carboxylic acids is 2. The summed E-state index contributed by atoms with van der Waals surface area (Å²) < 4.78 is 5.79. The summed E-state index contributed by atoms with van der Waals surface area (Å²) in [6, 6.07) is 6.85. The van der Waals surface area contributed by atoms with Gasteiger partial charge in [-0.3, -0.25) is 4.79 Å². The van der Waals surface area contributed by atoms with Crippen LogP contribution in [0.1, 0.15) is 30.6 Å². The molecule has 1 atom stereocenters. The highest BCUT2D eigenvalue weighted by molar-refractivity contribution is 9.10. The van der Waals surface area contributed by atoms with Crippen molar-refractivity contribution in [2.45, 2.75) is 26.3 Å². The Labute approximate surface area is 115 Å². The number of nitrogens with one attached hydrogen (secondary N) is 1. The molecule has 98 valence electrons. The molecule has 0 unspecified atom stereocenters. The summed E-state index contributed by atoms with van der Waals surface area (Å²) in [7, 11) is 0. The lowest BCUT2D eigenvalue weighted by Gasteiger charge is -2.11. The van der Waals surface area contributed by atoms with E-state index in [0.29, 0.717) is 5.56 Å². The van der Waals surface area contributed by atoms with Crippen LogP contribution in [0.2, 0.25) is 0 Å². The Hall–Kier alpha value is -1.36. The molecule has 0 fully saturated rings. The van der Waals surface area contributed by atoms with Gasteiger partial charge in [-0.05, 0) is 37.6 Å². The van der Waals surface area contributed by atoms with Gasteiger partial charge in [-0.2, -0.15) is 0 Å². The lowest BCUT2D eigenvalue weighted by molar-refractivity contribution is -0.124. The molecular formula is C13H16BrNO3. The predicted molar refractivity (Wildman–Crippen MR) is 72.3 cm³/mol. The molecule has 1 aromatic rings. The molecule has 1 amide bonds. The Bertz CT molecular complexity index is 417. The molecule has 1 rings (SSSR count). The number of amides is 1. The fourth-order valence-corrected chi connectivity index (χ4v) is 1.48. The highest BCUT2D eigenvalue weighted by Crippen LogP contribution is 2.11. The van der Waals surface area contributed by atoms with E-state index in [9.17, 15) is 9.59 Å². The Morgan fingerprint density at radius 2 is 1.94 bits per heavy atom. The quantitative estimate of drug-likeness (QED) is 0.850. The summed E-state index contributed by atoms with van der Waals surface area (Å²) in [5.41, 5.74) is 0.425. The minimum atomic E-state index is -0.498. The van der Waals surface area contributed by atoms with Gasteiger partial charge in [-0.1, -0.05) is 22.9 Å². The monoisotopic (exact) mass is 313 g/mol. The van der Waals surface area contributed by atoms with Crippen LogP contribution in [0.5, 0.6) is 0 Å². The molecule has 1 N–H and O–H groups in total. The molecule has 5 heteroatoms. The number of benzene rings is 1. The molecule has 0 aliphatic carbocycles. The van der Waals surface area contributed by atoms with Crippen LogP contribution < -0.4 is 5.32 Å². The van der Waals surface area contributed by atoms with E-state index < -0.39 is 5.97 Å². The zero-order chi connectivity index (χ0) is 13.5. The van der Waals surface area contributed by atoms with Gasteiger partial charge >= 0.3 is 5.97 Å². The summed E-state index contributed by atoms with van der Waals surface area (Å²) in [5.74, 6) is -0.781. The Morgan fingerprint density at radius 1 is 1.33 bits per heavy atom. The van der Waals surface area contributed by atoms with Gasteiger partial charge in [0.25, 0.3) is 5.91 Å². The number of hydrogen-bond donors (Lipinski definition) is 1. The molecule has 0 saturated carbocycles. The number of rotatable bonds is 5. The second-order valence-electron chi connectivity index (χ2n) is 3.96. The van der Waals surface area contributed by atoms with Crippen LogP contribution in [-0.2, 0) is 9.53 Å². The third kappa shape index (κ3) is 4.87. The van der Waals surface area contributed by atoms with E-state index in [1.54, 1.807) is 24.3 Å². The first-order valence-electron chi connectivity index (χ1n) is 5.75. The third-order valence-corrected chi connectivity index (χ3v) is 2.96. The van der Waals surface area contributed by atoms with Crippen LogP contribution in [-0.4, -0.2) is 24.5 Å². The normalized spacial score (nSPS) is 11.7. The summed E-state index contributed by atoms with van der Waals surface area (Å²) in [6.45, 7) is 3.62. The molecule has 4 nitrogen and oxygen atoms in total. The zero-order valence-electron chi connectivity index (χ0n) is 10.4. The second-order valence-corrected chi connectivity index (χ2v) is 4.88. The van der Waals surface area contributed by atoms with Gasteiger partial charge in [0.2, 0.25) is 0 Å². The summed E-state index contributed by atoms with van der Waals surface area (Å²) in [4.78, 5) is 23.0. The smallest absolute Gasteiger partial charge is 0.338 e. The fraction of sp³-hybridized carbons (Fsp3) is 0.385. The second kappa shape index (κ2) is 7.16. The maximum Gasteiger partial charge on any atom is 0.338 e. The first kappa shape index (κ1) is 14.7. The van der Waals surface area contributed by atoms with Gasteiger partial charge in [-0.25, -0.2) is 4.79 Å². The third-order valence-electron chi connectivity index (χ3n) is 2.43. The summed E-state index contributed by atoms with van der Waals surface area (Å²) in [6.07, 6.45) is 0.840. The standard InChI is InChI=1S/C13H16BrNO3/c1-3-9(2)15-12(16)8-18-13(17)10-4-6-11(14)7-5-10/h4-7,9H,3,8H2,1-2H3,(H,15,16)/t9-/m1/s1. The highest BCUT2D eigenvalue weighted by atomic mass is 79.9. The van der Waals surface area contributed by atoms with Crippen molar-refractivity contribution in [1.82, 2.24) is 5.32 Å². The SMILES string of the molecule is CC[C@@H](C)NC(=O)COC(=O)c1ccc(Br)cc1. The first-order chi connectivity index (χ1) is 8.52. The maximum absolute atomic E-state index is 11.6. The molecule has 0 heterocycles. The van der Waals surface area contributed by atoms with Gasteiger partial charge in [0.05, 0.1) is 5.56 Å². The largest absolute Gasteiger partial charge is 0.452 e. The Balaban J connectivity index is 2.41. The first-order valence-corrected chi connectivity index (χ1v) is 6.54. The molecular weight excluding hydrogens is 298 g/mol. The summed E-state index contributed by atoms with van der Waals surface area (Å²) >= 11 is 3.28. The molecule has 0 aliphatic rings. The van der Waals surface area contributed by atoms with Crippen LogP contribution in [0.3, 0.4) is 0 Å². The predicted octanol–water partition coefficient (Wildman–Crippen LogP) is 2.52. The summed E-state index contributed by atoms with van der Waals surface area (Å²) in [5, 5.41) is 2.72. The van der Waals surface area contributed by atoms with Crippen molar-refractivity contribution < 1.29 is 14.3 Å². The minimum Gasteiger partial charge on any atom is -0.452 e. The van der Waals surface area contributed by atoms with Crippen LogP contribution in [0, 0.1) is 0 Å². The van der Waals surface area contributed by atoms with E-state index in [0.717, 1.165) is 10.9 Å². The van der Waals surface area contributed by atoms with Crippen molar-refractivity contribution in [2.24, 2.45) is 0 Å². The average Bonchev–Trinajstić information content (AvgIpc) is 2.36. The maximum atomic E-state index is 11.6. The van der Waals surface area contributed by atoms with Gasteiger partial charge in [0, 0.05) is 10.5 Å². The van der Waals surface area contributed by atoms with Gasteiger partial charge < -0.3 is 10.1 Å². The van der Waals surface area contributed by atoms with Crippen LogP contribution >= 0.6 is 15.9 Å². The van der Waals surface area contributed by atoms with E-state index in [1.807, 2.05) is 13.8 Å². The molecule has 0 radical (unpaired) electrons. The lowest BCUT2D eigenvalue weighted by atomic mass is 10.2. The Morgan fingerprint density at radius 3 is 2.50 bits per heavy atom. The average molecular weight is 314 g/mol. The topological polar surface area (TPSA) is 55.4 Å². The fourth-order valence-electron chi connectivity index (χ4n) is 1.22. The number of hydrogen-bond acceptors (Lipinski definition) is 3. The Kier molecular flexibility index (Phi) is 5.85. The lowest BCUT2D eigenvalue weighted by Crippen LogP contribution is -2.35. The number of carbonyl (C=O) groups is 2. The minimum absolute atomic E-state index is 0.0869. The molecule has 0 aromatic heterocycles. The van der Waals surface area contributed by atoms with E-state index in [2.05, 4.69) is 21.2 Å². The van der Waals surface area contributed by atoms with Gasteiger partial charge in [0.1, 0.15) is 0 Å². The van der Waals surface area contributed by atoms with Gasteiger partial charge in [0.15, 0.2) is 6.61 Å². The van der Waals surface area contributed by atoms with E-state index in [4.69, 9.17) is 4.74 Å². The highest BCUT2D eigenvalue weighted by Gasteiger charge is 2.11. The number of halogens is 1. The zero-order valence-corrected chi connectivity index (χ0v) is 12.0. The van der Waals surface area contributed by atoms with Gasteiger partial charge in [-0.15, -0.1) is 0 Å². The molecule has 0 bridgehead atoms.